The van der Waals surface area contributed by atoms with Crippen molar-refractivity contribution in [2.45, 2.75) is 103 Å². The van der Waals surface area contributed by atoms with E-state index >= 15 is 0 Å². The van der Waals surface area contributed by atoms with Crippen molar-refractivity contribution in [2.24, 2.45) is 17.3 Å². The van der Waals surface area contributed by atoms with Crippen molar-refractivity contribution in [1.82, 2.24) is 19.4 Å². The maximum absolute atomic E-state index is 13.7. The maximum atomic E-state index is 13.7. The lowest BCUT2D eigenvalue weighted by molar-refractivity contribution is -0.135. The van der Waals surface area contributed by atoms with Crippen LogP contribution < -0.4 is 0 Å². The minimum atomic E-state index is 0.0786. The Bertz CT molecular complexity index is 1490. The molecule has 5 heteroatoms. The monoisotopic (exact) mass is 578 g/mol. The summed E-state index contributed by atoms with van der Waals surface area (Å²) in [7, 11) is 0. The third-order valence-electron chi connectivity index (χ3n) is 12.0. The van der Waals surface area contributed by atoms with Gasteiger partial charge in [0.15, 0.2) is 0 Å². The molecular weight excluding hydrogens is 528 g/mol. The third-order valence-corrected chi connectivity index (χ3v) is 12.0. The number of carbonyl (C=O) groups is 1. The van der Waals surface area contributed by atoms with Crippen LogP contribution >= 0.6 is 0 Å². The van der Waals surface area contributed by atoms with E-state index in [-0.39, 0.29) is 16.7 Å². The molecular formula is C38H50N4O. The number of nitrogens with zero attached hydrogens (tertiary/aromatic N) is 4. The Labute approximate surface area is 258 Å². The van der Waals surface area contributed by atoms with Gasteiger partial charge in [-0.2, -0.15) is 0 Å². The van der Waals surface area contributed by atoms with Gasteiger partial charge >= 0.3 is 0 Å². The molecule has 43 heavy (non-hydrogen) atoms. The molecule has 2 aromatic carbocycles. The molecule has 4 fully saturated rings. The number of hydrogen-bond acceptors (Lipinski definition) is 3. The van der Waals surface area contributed by atoms with Crippen LogP contribution in [0.5, 0.6) is 0 Å². The lowest BCUT2D eigenvalue weighted by atomic mass is 9.70. The standard InChI is InChI=1S/C38H50N4O/c1-26(2)23-32-35(37(32,4)5)36(43)40-20-17-38(18-21-40,28-11-7-6-8-12-28)19-22-41-29-15-16-30(41)25-31(24-29)42-27(3)39-33-13-9-10-14-34(33)42/h6-14,23,29-32,35H,15-22,24-25H2,1-5H3/t29-,30+,31+,32?,35?. The molecule has 1 aliphatic carbocycles. The van der Waals surface area contributed by atoms with Gasteiger partial charge in [0.1, 0.15) is 5.82 Å². The molecule has 7 rings (SSSR count). The molecule has 228 valence electrons. The van der Waals surface area contributed by atoms with Crippen LogP contribution in [0.1, 0.15) is 90.1 Å². The van der Waals surface area contributed by atoms with Gasteiger partial charge in [-0.25, -0.2) is 4.98 Å². The van der Waals surface area contributed by atoms with E-state index < -0.39 is 0 Å². The summed E-state index contributed by atoms with van der Waals surface area (Å²) < 4.78 is 2.54. The van der Waals surface area contributed by atoms with E-state index in [0.717, 1.165) is 43.8 Å². The SMILES string of the molecule is CC(C)=CC1C(C(=O)N2CCC(CCN3[C@@H]4CC[C@H]3C[C@@H](n3c(C)nc5ccccc53)C4)(c3ccccc3)CC2)C1(C)C. The summed E-state index contributed by atoms with van der Waals surface area (Å²) in [5.74, 6) is 2.06. The quantitative estimate of drug-likeness (QED) is 0.270. The van der Waals surface area contributed by atoms with E-state index in [1.165, 1.54) is 48.8 Å². The number of carbonyl (C=O) groups excluding carboxylic acids is 1. The van der Waals surface area contributed by atoms with Crippen LogP contribution in [0.3, 0.4) is 0 Å². The van der Waals surface area contributed by atoms with E-state index in [2.05, 4.69) is 110 Å². The fourth-order valence-electron chi connectivity index (χ4n) is 9.44. The molecule has 2 bridgehead atoms. The van der Waals surface area contributed by atoms with Gasteiger partial charge in [-0.15, -0.1) is 0 Å². The second-order valence-corrected chi connectivity index (χ2v) is 15.1. The lowest BCUT2D eigenvalue weighted by Gasteiger charge is -2.46. The minimum Gasteiger partial charge on any atom is -0.342 e. The first-order chi connectivity index (χ1) is 20.7. The molecule has 0 radical (unpaired) electrons. The molecule has 3 aliphatic heterocycles. The normalized spacial score (nSPS) is 29.5. The molecule has 5 nitrogen and oxygen atoms in total. The van der Waals surface area contributed by atoms with E-state index in [4.69, 9.17) is 4.98 Å². The second kappa shape index (κ2) is 10.9. The van der Waals surface area contributed by atoms with Gasteiger partial charge in [0, 0.05) is 31.2 Å². The summed E-state index contributed by atoms with van der Waals surface area (Å²) in [6.45, 7) is 13.9. The number of fused-ring (bicyclic) bond motifs is 3. The number of aromatic nitrogens is 2. The third kappa shape index (κ3) is 5.06. The van der Waals surface area contributed by atoms with Crippen molar-refractivity contribution in [2.75, 3.05) is 19.6 Å². The summed E-state index contributed by atoms with van der Waals surface area (Å²) in [6, 6.07) is 21.7. The molecule has 0 N–H and O–H groups in total. The Morgan fingerprint density at radius 2 is 1.58 bits per heavy atom. The lowest BCUT2D eigenvalue weighted by Crippen LogP contribution is -2.49. The first kappa shape index (κ1) is 28.8. The molecule has 3 aromatic rings. The average molecular weight is 579 g/mol. The number of aryl methyl sites for hydroxylation is 1. The number of amides is 1. The van der Waals surface area contributed by atoms with Gasteiger partial charge in [-0.1, -0.05) is 68.0 Å². The van der Waals surface area contributed by atoms with Crippen LogP contribution in [0.15, 0.2) is 66.2 Å². The van der Waals surface area contributed by atoms with Crippen LogP contribution in [-0.2, 0) is 10.2 Å². The zero-order valence-corrected chi connectivity index (χ0v) is 26.9. The topological polar surface area (TPSA) is 41.4 Å². The van der Waals surface area contributed by atoms with Crippen molar-refractivity contribution < 1.29 is 4.79 Å². The van der Waals surface area contributed by atoms with Crippen LogP contribution in [0.25, 0.3) is 11.0 Å². The summed E-state index contributed by atoms with van der Waals surface area (Å²) in [6.07, 6.45) is 10.7. The van der Waals surface area contributed by atoms with Crippen LogP contribution in [0, 0.1) is 24.2 Å². The van der Waals surface area contributed by atoms with E-state index in [9.17, 15) is 4.79 Å². The van der Waals surface area contributed by atoms with E-state index in [1.807, 2.05) is 0 Å². The van der Waals surface area contributed by atoms with Crippen molar-refractivity contribution in [3.63, 3.8) is 0 Å². The van der Waals surface area contributed by atoms with Gasteiger partial charge in [-0.3, -0.25) is 9.69 Å². The van der Waals surface area contributed by atoms with Crippen molar-refractivity contribution in [3.8, 4) is 0 Å². The van der Waals surface area contributed by atoms with Crippen molar-refractivity contribution in [3.05, 3.63) is 77.6 Å². The number of likely N-dealkylation sites (tertiary alicyclic amines) is 1. The first-order valence-corrected chi connectivity index (χ1v) is 16.9. The van der Waals surface area contributed by atoms with Gasteiger partial charge < -0.3 is 9.47 Å². The Hall–Kier alpha value is -2.92. The smallest absolute Gasteiger partial charge is 0.226 e. The highest BCUT2D eigenvalue weighted by molar-refractivity contribution is 5.84. The molecule has 0 spiro atoms. The number of piperidine rings is 2. The molecule has 4 heterocycles. The number of para-hydroxylation sites is 2. The Kier molecular flexibility index (Phi) is 7.31. The largest absolute Gasteiger partial charge is 0.342 e. The fourth-order valence-corrected chi connectivity index (χ4v) is 9.44. The highest BCUT2D eigenvalue weighted by atomic mass is 16.2. The maximum Gasteiger partial charge on any atom is 0.226 e. The molecule has 3 saturated heterocycles. The first-order valence-electron chi connectivity index (χ1n) is 16.9. The Balaban J connectivity index is 1.04. The van der Waals surface area contributed by atoms with Crippen LogP contribution in [0.2, 0.25) is 0 Å². The number of allylic oxidation sites excluding steroid dienone is 2. The fraction of sp³-hybridized carbons (Fsp3) is 0.579. The van der Waals surface area contributed by atoms with Gasteiger partial charge in [0.05, 0.1) is 17.0 Å². The highest BCUT2D eigenvalue weighted by Gasteiger charge is 2.61. The molecule has 4 aliphatic rings. The number of hydrogen-bond donors (Lipinski definition) is 0. The zero-order chi connectivity index (χ0) is 29.9. The summed E-state index contributed by atoms with van der Waals surface area (Å²) in [5, 5.41) is 0. The van der Waals surface area contributed by atoms with Gasteiger partial charge in [0.2, 0.25) is 5.91 Å². The summed E-state index contributed by atoms with van der Waals surface area (Å²) in [5.41, 5.74) is 5.44. The molecule has 1 saturated carbocycles. The predicted octanol–water partition coefficient (Wildman–Crippen LogP) is 7.70. The van der Waals surface area contributed by atoms with E-state index in [0.29, 0.717) is 30.0 Å². The minimum absolute atomic E-state index is 0.0786. The molecule has 1 amide bonds. The molecule has 1 aromatic heterocycles. The second-order valence-electron chi connectivity index (χ2n) is 15.1. The number of benzene rings is 2. The summed E-state index contributed by atoms with van der Waals surface area (Å²) in [4.78, 5) is 23.7. The predicted molar refractivity (Wildman–Crippen MR) is 175 cm³/mol. The van der Waals surface area contributed by atoms with Gasteiger partial charge in [0.25, 0.3) is 0 Å². The molecule has 5 atom stereocenters. The number of rotatable bonds is 7. The molecule has 2 unspecified atom stereocenters. The average Bonchev–Trinajstić information content (AvgIpc) is 3.22. The van der Waals surface area contributed by atoms with Gasteiger partial charge in [-0.05, 0) is 107 Å². The summed E-state index contributed by atoms with van der Waals surface area (Å²) >= 11 is 0. The van der Waals surface area contributed by atoms with Crippen molar-refractivity contribution >= 4 is 16.9 Å². The number of imidazole rings is 1. The highest BCUT2D eigenvalue weighted by Crippen LogP contribution is 2.60. The van der Waals surface area contributed by atoms with Crippen molar-refractivity contribution in [1.29, 1.82) is 0 Å². The van der Waals surface area contributed by atoms with Crippen LogP contribution in [-0.4, -0.2) is 57.0 Å². The Morgan fingerprint density at radius 3 is 2.26 bits per heavy atom. The zero-order valence-electron chi connectivity index (χ0n) is 26.9. The van der Waals surface area contributed by atoms with Crippen LogP contribution in [0.4, 0.5) is 0 Å². The Morgan fingerprint density at radius 1 is 0.930 bits per heavy atom. The van der Waals surface area contributed by atoms with E-state index in [1.54, 1.807) is 0 Å².